The summed E-state index contributed by atoms with van der Waals surface area (Å²) in [6, 6.07) is 3.85. The third-order valence-electron chi connectivity index (χ3n) is 4.01. The predicted octanol–water partition coefficient (Wildman–Crippen LogP) is 4.35. The van der Waals surface area contributed by atoms with Gasteiger partial charge in [0.2, 0.25) is 0 Å². The second-order valence-corrected chi connectivity index (χ2v) is 6.90. The summed E-state index contributed by atoms with van der Waals surface area (Å²) in [5.41, 5.74) is 0. The van der Waals surface area contributed by atoms with Gasteiger partial charge in [-0.15, -0.1) is 0 Å². The number of halogens is 1. The van der Waals surface area contributed by atoms with E-state index in [0.717, 1.165) is 22.8 Å². The van der Waals surface area contributed by atoms with Crippen LogP contribution in [0.3, 0.4) is 0 Å². The lowest BCUT2D eigenvalue weighted by atomic mass is 9.81. The van der Waals surface area contributed by atoms with Gasteiger partial charge in [0, 0.05) is 17.2 Å². The molecule has 2 N–H and O–H groups in total. The molecule has 0 amide bonds. The average molecular weight is 356 g/mol. The first kappa shape index (κ1) is 15.7. The average Bonchev–Trinajstić information content (AvgIpc) is 2.48. The molecule has 1 atom stereocenters. The summed E-state index contributed by atoms with van der Waals surface area (Å²) in [7, 11) is 0. The minimum Gasteiger partial charge on any atom is -0.362 e. The molecule has 20 heavy (non-hydrogen) atoms. The Balaban J connectivity index is 1.72. The van der Waals surface area contributed by atoms with Gasteiger partial charge in [-0.3, -0.25) is 0 Å². The lowest BCUT2D eigenvalue weighted by Gasteiger charge is -2.28. The van der Waals surface area contributed by atoms with Crippen LogP contribution in [0.4, 0.5) is 5.82 Å². The van der Waals surface area contributed by atoms with Gasteiger partial charge in [-0.05, 0) is 52.1 Å². The van der Waals surface area contributed by atoms with Crippen LogP contribution in [0.2, 0.25) is 0 Å². The van der Waals surface area contributed by atoms with Gasteiger partial charge in [-0.1, -0.05) is 39.0 Å². The van der Waals surface area contributed by atoms with E-state index in [1.165, 1.54) is 32.1 Å². The molecule has 0 aromatic carbocycles. The van der Waals surface area contributed by atoms with Crippen molar-refractivity contribution in [1.29, 1.82) is 0 Å². The first-order valence-corrected chi connectivity index (χ1v) is 8.51. The Kier molecular flexibility index (Phi) is 6.23. The molecular weight excluding hydrogens is 334 g/mol. The molecule has 0 spiro atoms. The highest BCUT2D eigenvalue weighted by atomic mass is 79.9. The third-order valence-corrected chi connectivity index (χ3v) is 4.72. The normalized spacial score (nSPS) is 17.5. The van der Waals surface area contributed by atoms with Crippen molar-refractivity contribution in [1.82, 2.24) is 10.3 Å². The summed E-state index contributed by atoms with van der Waals surface area (Å²) in [6.07, 6.45) is 8.69. The van der Waals surface area contributed by atoms with Crippen LogP contribution in [-0.2, 0) is 0 Å². The number of thiocarbonyl (C=S) groups is 1. The summed E-state index contributed by atoms with van der Waals surface area (Å²) in [5, 5.41) is 7.08. The molecule has 0 saturated heterocycles. The topological polar surface area (TPSA) is 37.0 Å². The Morgan fingerprint density at radius 2 is 2.15 bits per heavy atom. The number of hydrogen-bond donors (Lipinski definition) is 2. The van der Waals surface area contributed by atoms with E-state index in [1.807, 2.05) is 12.1 Å². The van der Waals surface area contributed by atoms with Crippen molar-refractivity contribution in [3.05, 3.63) is 22.8 Å². The van der Waals surface area contributed by atoms with Gasteiger partial charge in [-0.25, -0.2) is 4.98 Å². The second-order valence-electron chi connectivity index (χ2n) is 5.57. The van der Waals surface area contributed by atoms with Crippen molar-refractivity contribution < 1.29 is 0 Å². The highest BCUT2D eigenvalue weighted by molar-refractivity contribution is 9.10. The number of nitrogens with one attached hydrogen (secondary N) is 2. The SMILES string of the molecule is C[C@@H](CNC(=S)Nc1ccc(Br)cn1)C1CCCCC1. The highest BCUT2D eigenvalue weighted by Gasteiger charge is 2.19. The van der Waals surface area contributed by atoms with E-state index in [2.05, 4.69) is 38.5 Å². The van der Waals surface area contributed by atoms with E-state index in [0.29, 0.717) is 11.0 Å². The van der Waals surface area contributed by atoms with Gasteiger partial charge in [0.05, 0.1) is 0 Å². The molecule has 1 heterocycles. The summed E-state index contributed by atoms with van der Waals surface area (Å²) in [4.78, 5) is 4.25. The molecule has 5 heteroatoms. The maximum absolute atomic E-state index is 5.31. The molecule has 1 aromatic rings. The number of aromatic nitrogens is 1. The van der Waals surface area contributed by atoms with Crippen LogP contribution in [-0.4, -0.2) is 16.6 Å². The summed E-state index contributed by atoms with van der Waals surface area (Å²) in [5.74, 6) is 2.30. The number of rotatable bonds is 4. The molecule has 1 fully saturated rings. The van der Waals surface area contributed by atoms with Crippen LogP contribution >= 0.6 is 28.1 Å². The number of pyridine rings is 1. The Hall–Kier alpha value is -0.680. The molecular formula is C15H22BrN3S. The number of hydrogen-bond acceptors (Lipinski definition) is 2. The van der Waals surface area contributed by atoms with Gasteiger partial charge in [0.25, 0.3) is 0 Å². The van der Waals surface area contributed by atoms with Crippen LogP contribution in [0.25, 0.3) is 0 Å². The molecule has 1 aromatic heterocycles. The zero-order valence-corrected chi connectivity index (χ0v) is 14.3. The van der Waals surface area contributed by atoms with Gasteiger partial charge < -0.3 is 10.6 Å². The molecule has 1 saturated carbocycles. The molecule has 3 nitrogen and oxygen atoms in total. The van der Waals surface area contributed by atoms with Crippen molar-refractivity contribution >= 4 is 39.1 Å². The fraction of sp³-hybridized carbons (Fsp3) is 0.600. The zero-order valence-electron chi connectivity index (χ0n) is 11.9. The number of nitrogens with zero attached hydrogens (tertiary/aromatic N) is 1. The van der Waals surface area contributed by atoms with Crippen LogP contribution in [0.15, 0.2) is 22.8 Å². The minimum absolute atomic E-state index is 0.655. The van der Waals surface area contributed by atoms with Gasteiger partial charge >= 0.3 is 0 Å². The molecule has 110 valence electrons. The molecule has 2 rings (SSSR count). The largest absolute Gasteiger partial charge is 0.362 e. The fourth-order valence-corrected chi connectivity index (χ4v) is 3.16. The fourth-order valence-electron chi connectivity index (χ4n) is 2.73. The van der Waals surface area contributed by atoms with Crippen LogP contribution < -0.4 is 10.6 Å². The van der Waals surface area contributed by atoms with Crippen molar-refractivity contribution in [3.63, 3.8) is 0 Å². The van der Waals surface area contributed by atoms with Crippen molar-refractivity contribution in [2.45, 2.75) is 39.0 Å². The van der Waals surface area contributed by atoms with Gasteiger partial charge in [0.15, 0.2) is 5.11 Å². The van der Waals surface area contributed by atoms with E-state index < -0.39 is 0 Å². The van der Waals surface area contributed by atoms with Crippen molar-refractivity contribution in [2.75, 3.05) is 11.9 Å². The van der Waals surface area contributed by atoms with Gasteiger partial charge in [-0.2, -0.15) is 0 Å². The van der Waals surface area contributed by atoms with Crippen molar-refractivity contribution in [3.8, 4) is 0 Å². The standard InChI is InChI=1S/C15H22BrN3S/c1-11(12-5-3-2-4-6-12)9-18-15(20)19-14-8-7-13(16)10-17-14/h7-8,10-12H,2-6,9H2,1H3,(H2,17,18,19,20)/t11-/m0/s1. The van der Waals surface area contributed by atoms with Gasteiger partial charge in [0.1, 0.15) is 5.82 Å². The van der Waals surface area contributed by atoms with E-state index >= 15 is 0 Å². The molecule has 0 radical (unpaired) electrons. The maximum atomic E-state index is 5.31. The van der Waals surface area contributed by atoms with E-state index in [-0.39, 0.29) is 0 Å². The summed E-state index contributed by atoms with van der Waals surface area (Å²) >= 11 is 8.68. The molecule has 0 bridgehead atoms. The first-order chi connectivity index (χ1) is 9.65. The third kappa shape index (κ3) is 5.02. The maximum Gasteiger partial charge on any atom is 0.171 e. The molecule has 0 unspecified atom stereocenters. The van der Waals surface area contributed by atoms with E-state index in [1.54, 1.807) is 6.20 Å². The zero-order chi connectivity index (χ0) is 14.4. The first-order valence-electron chi connectivity index (χ1n) is 7.31. The minimum atomic E-state index is 0.655. The lowest BCUT2D eigenvalue weighted by Crippen LogP contribution is -2.35. The Labute approximate surface area is 135 Å². The van der Waals surface area contributed by atoms with E-state index in [4.69, 9.17) is 12.2 Å². The van der Waals surface area contributed by atoms with Crippen molar-refractivity contribution in [2.24, 2.45) is 11.8 Å². The van der Waals surface area contributed by atoms with E-state index in [9.17, 15) is 0 Å². The molecule has 1 aliphatic carbocycles. The van der Waals surface area contributed by atoms with Crippen LogP contribution in [0.1, 0.15) is 39.0 Å². The summed E-state index contributed by atoms with van der Waals surface area (Å²) < 4.78 is 0.966. The quantitative estimate of drug-likeness (QED) is 0.787. The smallest absolute Gasteiger partial charge is 0.171 e. The Bertz CT molecular complexity index is 429. The Morgan fingerprint density at radius 1 is 1.40 bits per heavy atom. The monoisotopic (exact) mass is 355 g/mol. The lowest BCUT2D eigenvalue weighted by molar-refractivity contribution is 0.264. The molecule has 0 aliphatic heterocycles. The molecule has 1 aliphatic rings. The highest BCUT2D eigenvalue weighted by Crippen LogP contribution is 2.29. The second kappa shape index (κ2) is 7.93. The number of anilines is 1. The van der Waals surface area contributed by atoms with Crippen LogP contribution in [0, 0.1) is 11.8 Å². The van der Waals surface area contributed by atoms with Crippen LogP contribution in [0.5, 0.6) is 0 Å². The summed E-state index contributed by atoms with van der Waals surface area (Å²) in [6.45, 7) is 3.26. The Morgan fingerprint density at radius 3 is 2.80 bits per heavy atom. The predicted molar refractivity (Wildman–Crippen MR) is 91.9 cm³/mol.